The predicted octanol–water partition coefficient (Wildman–Crippen LogP) is 5.45. The molecule has 3 aromatic heterocycles. The van der Waals surface area contributed by atoms with Crippen molar-refractivity contribution >= 4 is 40.1 Å². The van der Waals surface area contributed by atoms with Gasteiger partial charge in [-0.25, -0.2) is 9.97 Å². The molecular formula is C27H29Cl2N7O2. The lowest BCUT2D eigenvalue weighted by Crippen LogP contribution is -2.68. The summed E-state index contributed by atoms with van der Waals surface area (Å²) in [5.41, 5.74) is 3.12. The van der Waals surface area contributed by atoms with Crippen molar-refractivity contribution in [2.45, 2.75) is 38.3 Å². The molecule has 0 radical (unpaired) electrons. The fourth-order valence-electron chi connectivity index (χ4n) is 4.92. The lowest BCUT2D eigenvalue weighted by atomic mass is 9.92. The zero-order chi connectivity index (χ0) is 26.4. The second-order valence-corrected chi connectivity index (χ2v) is 11.2. The van der Waals surface area contributed by atoms with E-state index in [0.29, 0.717) is 27.1 Å². The largest absolute Gasteiger partial charge is 0.493 e. The Labute approximate surface area is 230 Å². The highest BCUT2D eigenvalue weighted by Gasteiger charge is 2.40. The van der Waals surface area contributed by atoms with E-state index >= 15 is 0 Å². The number of anilines is 1. The highest BCUT2D eigenvalue weighted by Crippen LogP contribution is 2.40. The first-order valence-electron chi connectivity index (χ1n) is 12.7. The lowest BCUT2D eigenvalue weighted by molar-refractivity contribution is 0.216. The van der Waals surface area contributed by atoms with E-state index in [1.54, 1.807) is 19.5 Å². The third-order valence-corrected chi connectivity index (χ3v) is 7.84. The molecule has 1 aliphatic carbocycles. The van der Waals surface area contributed by atoms with Crippen LogP contribution in [0.4, 0.5) is 5.95 Å². The normalized spacial score (nSPS) is 17.3. The van der Waals surface area contributed by atoms with Gasteiger partial charge in [0, 0.05) is 60.5 Å². The maximum absolute atomic E-state index is 6.35. The highest BCUT2D eigenvalue weighted by atomic mass is 35.5. The molecule has 38 heavy (non-hydrogen) atoms. The van der Waals surface area contributed by atoms with E-state index in [9.17, 15) is 0 Å². The molecule has 0 spiro atoms. The first-order chi connectivity index (χ1) is 18.3. The van der Waals surface area contributed by atoms with Crippen molar-refractivity contribution < 1.29 is 9.47 Å². The number of H-pyrrole nitrogens is 1. The van der Waals surface area contributed by atoms with Crippen LogP contribution in [0.2, 0.25) is 10.0 Å². The molecule has 4 heterocycles. The van der Waals surface area contributed by atoms with E-state index in [0.717, 1.165) is 53.7 Å². The number of aromatic nitrogens is 5. The number of nitrogens with zero attached hydrogens (tertiary/aromatic N) is 5. The minimum absolute atomic E-state index is 0.125. The number of nitrogens with one attached hydrogen (secondary N) is 2. The molecule has 1 aliphatic heterocycles. The molecule has 0 bridgehead atoms. The van der Waals surface area contributed by atoms with Crippen molar-refractivity contribution in [3.05, 3.63) is 52.5 Å². The summed E-state index contributed by atoms with van der Waals surface area (Å²) in [6.07, 6.45) is 8.99. The van der Waals surface area contributed by atoms with Crippen LogP contribution in [0.1, 0.15) is 38.4 Å². The molecular weight excluding hydrogens is 525 g/mol. The number of methoxy groups -OCH3 is 1. The minimum Gasteiger partial charge on any atom is -0.493 e. The van der Waals surface area contributed by atoms with E-state index in [-0.39, 0.29) is 5.54 Å². The Bertz CT molecular complexity index is 1450. The molecule has 1 saturated carbocycles. The van der Waals surface area contributed by atoms with Crippen molar-refractivity contribution in [1.29, 1.82) is 0 Å². The van der Waals surface area contributed by atoms with Gasteiger partial charge in [-0.05, 0) is 45.2 Å². The predicted molar refractivity (Wildman–Crippen MR) is 148 cm³/mol. The van der Waals surface area contributed by atoms with Gasteiger partial charge in [-0.3, -0.25) is 10.1 Å². The average molecular weight is 554 g/mol. The molecule has 11 heteroatoms. The Hall–Kier alpha value is -3.14. The van der Waals surface area contributed by atoms with Crippen LogP contribution >= 0.6 is 23.2 Å². The van der Waals surface area contributed by atoms with Crippen LogP contribution in [0.5, 0.6) is 11.5 Å². The smallest absolute Gasteiger partial charge is 0.225 e. The van der Waals surface area contributed by atoms with Crippen LogP contribution in [-0.4, -0.2) is 57.4 Å². The summed E-state index contributed by atoms with van der Waals surface area (Å²) < 4.78 is 11.9. The monoisotopic (exact) mass is 553 g/mol. The Morgan fingerprint density at radius 3 is 2.47 bits per heavy atom. The fraction of sp³-hybridized carbons (Fsp3) is 0.407. The van der Waals surface area contributed by atoms with Crippen LogP contribution in [0.25, 0.3) is 22.2 Å². The molecule has 0 unspecified atom stereocenters. The summed E-state index contributed by atoms with van der Waals surface area (Å²) in [5, 5.41) is 13.1. The number of fused-ring (bicyclic) bond motifs is 1. The highest BCUT2D eigenvalue weighted by molar-refractivity contribution is 6.35. The first-order valence-corrected chi connectivity index (χ1v) is 13.4. The van der Waals surface area contributed by atoms with Gasteiger partial charge in [0.2, 0.25) is 5.95 Å². The van der Waals surface area contributed by atoms with Gasteiger partial charge >= 0.3 is 0 Å². The van der Waals surface area contributed by atoms with Crippen LogP contribution in [0, 0.1) is 5.92 Å². The van der Waals surface area contributed by atoms with Crippen LogP contribution in [-0.2, 0) is 0 Å². The van der Waals surface area contributed by atoms with E-state index in [1.165, 1.54) is 12.8 Å². The Kier molecular flexibility index (Phi) is 6.53. The molecule has 2 N–H and O–H groups in total. The van der Waals surface area contributed by atoms with Gasteiger partial charge in [0.15, 0.2) is 11.5 Å². The minimum atomic E-state index is -0.441. The fourth-order valence-corrected chi connectivity index (χ4v) is 5.60. The number of aromatic amines is 1. The summed E-state index contributed by atoms with van der Waals surface area (Å²) in [7, 11) is 1.59. The standard InChI is InChI=1S/C27H29Cl2N7O2/c1-15(24-19(28)11-30-12-20(24)29)38-23-6-18-21(7-22(23)37-3)34-35-25(18)17-9-31-26(32-10-17)36-13-27(2,14-36)33-8-16-4-5-16/h6-7,9-12,15-16,33H,4-5,8,13-14H2,1-3H3,(H,34,35)/t15-/m1/s1. The van der Waals surface area contributed by atoms with Crippen molar-refractivity contribution in [1.82, 2.24) is 30.5 Å². The van der Waals surface area contributed by atoms with Gasteiger partial charge < -0.3 is 19.7 Å². The quantitative estimate of drug-likeness (QED) is 0.282. The number of hydrogen-bond donors (Lipinski definition) is 2. The number of pyridine rings is 1. The van der Waals surface area contributed by atoms with Crippen molar-refractivity contribution in [3.8, 4) is 22.8 Å². The van der Waals surface area contributed by atoms with E-state index < -0.39 is 6.10 Å². The van der Waals surface area contributed by atoms with Gasteiger partial charge in [-0.15, -0.1) is 0 Å². The molecule has 1 atom stereocenters. The summed E-state index contributed by atoms with van der Waals surface area (Å²) in [5.74, 6) is 2.68. The number of rotatable bonds is 9. The van der Waals surface area contributed by atoms with E-state index in [4.69, 9.17) is 32.7 Å². The van der Waals surface area contributed by atoms with Gasteiger partial charge in [-0.2, -0.15) is 5.10 Å². The SMILES string of the molecule is COc1cc2[nH]nc(-c3cnc(N4CC(C)(NCC5CC5)C4)nc3)c2cc1O[C@H](C)c1c(Cl)cncc1Cl. The molecule has 2 aliphatic rings. The zero-order valence-electron chi connectivity index (χ0n) is 21.5. The van der Waals surface area contributed by atoms with Crippen molar-refractivity contribution in [3.63, 3.8) is 0 Å². The third-order valence-electron chi connectivity index (χ3n) is 7.24. The molecule has 198 valence electrons. The van der Waals surface area contributed by atoms with Gasteiger partial charge in [0.05, 0.1) is 28.2 Å². The Morgan fingerprint density at radius 1 is 1.11 bits per heavy atom. The van der Waals surface area contributed by atoms with E-state index in [1.807, 2.05) is 31.5 Å². The number of ether oxygens (including phenoxy) is 2. The molecule has 6 rings (SSSR count). The Morgan fingerprint density at radius 2 is 1.82 bits per heavy atom. The van der Waals surface area contributed by atoms with Crippen LogP contribution < -0.4 is 19.7 Å². The van der Waals surface area contributed by atoms with Gasteiger partial charge in [0.1, 0.15) is 11.8 Å². The summed E-state index contributed by atoms with van der Waals surface area (Å²) in [6, 6.07) is 3.75. The summed E-state index contributed by atoms with van der Waals surface area (Å²) in [4.78, 5) is 15.5. The molecule has 9 nitrogen and oxygen atoms in total. The second-order valence-electron chi connectivity index (χ2n) is 10.4. The topological polar surface area (TPSA) is 101 Å². The number of halogens is 2. The van der Waals surface area contributed by atoms with Gasteiger partial charge in [0.25, 0.3) is 0 Å². The van der Waals surface area contributed by atoms with Crippen molar-refractivity contribution in [2.75, 3.05) is 31.6 Å². The van der Waals surface area contributed by atoms with Crippen LogP contribution in [0.3, 0.4) is 0 Å². The van der Waals surface area contributed by atoms with Gasteiger partial charge in [-0.1, -0.05) is 23.2 Å². The lowest BCUT2D eigenvalue weighted by Gasteiger charge is -2.48. The summed E-state index contributed by atoms with van der Waals surface area (Å²) in [6.45, 7) is 7.04. The zero-order valence-corrected chi connectivity index (χ0v) is 23.0. The van der Waals surface area contributed by atoms with Crippen molar-refractivity contribution in [2.24, 2.45) is 5.92 Å². The number of hydrogen-bond acceptors (Lipinski definition) is 8. The number of benzene rings is 1. The molecule has 2 fully saturated rings. The first kappa shape index (κ1) is 25.2. The maximum atomic E-state index is 6.35. The second kappa shape index (κ2) is 9.87. The average Bonchev–Trinajstić information content (AvgIpc) is 3.63. The summed E-state index contributed by atoms with van der Waals surface area (Å²) >= 11 is 12.7. The molecule has 1 saturated heterocycles. The Balaban J connectivity index is 1.22. The molecule has 0 amide bonds. The van der Waals surface area contributed by atoms with Crippen LogP contribution in [0.15, 0.2) is 36.9 Å². The maximum Gasteiger partial charge on any atom is 0.225 e. The third kappa shape index (κ3) is 4.86. The van der Waals surface area contributed by atoms with E-state index in [2.05, 4.69) is 42.3 Å². The molecule has 4 aromatic rings. The molecule has 1 aromatic carbocycles.